The first kappa shape index (κ1) is 7.63. The van der Waals surface area contributed by atoms with Crippen molar-refractivity contribution in [2.75, 3.05) is 0 Å². The largest absolute Gasteiger partial charge is 0.342 e. The number of aromatic nitrogens is 1. The molecule has 0 spiro atoms. The highest BCUT2D eigenvalue weighted by molar-refractivity contribution is 7.73. The molecule has 0 atom stereocenters. The Balaban J connectivity index is 2.97. The van der Waals surface area contributed by atoms with E-state index in [2.05, 4.69) is 9.98 Å². The Kier molecular flexibility index (Phi) is 2.34. The van der Waals surface area contributed by atoms with Crippen LogP contribution in [0, 0.1) is 3.95 Å². The second-order valence-electron chi connectivity index (χ2n) is 2.08. The van der Waals surface area contributed by atoms with E-state index < -0.39 is 0 Å². The van der Waals surface area contributed by atoms with Crippen molar-refractivity contribution in [1.82, 2.24) is 4.98 Å². The van der Waals surface area contributed by atoms with Gasteiger partial charge in [-0.1, -0.05) is 11.3 Å². The Morgan fingerprint density at radius 3 is 2.80 bits per heavy atom. The fourth-order valence-corrected chi connectivity index (χ4v) is 1.52. The van der Waals surface area contributed by atoms with Gasteiger partial charge in [-0.2, -0.15) is 0 Å². The number of thiazole rings is 1. The molecule has 1 heterocycles. The van der Waals surface area contributed by atoms with Gasteiger partial charge in [-0.05, 0) is 26.1 Å². The Morgan fingerprint density at radius 2 is 2.40 bits per heavy atom. The maximum Gasteiger partial charge on any atom is 0.160 e. The van der Waals surface area contributed by atoms with Crippen molar-refractivity contribution in [3.63, 3.8) is 0 Å². The topological polar surface area (TPSA) is 28.1 Å². The molecule has 0 aliphatic carbocycles. The van der Waals surface area contributed by atoms with Crippen LogP contribution in [-0.2, 0) is 0 Å². The summed E-state index contributed by atoms with van der Waals surface area (Å²) in [5, 5.41) is 0.949. The summed E-state index contributed by atoms with van der Waals surface area (Å²) in [5.74, 6) is 0. The fraction of sp³-hybridized carbons (Fsp3) is 0.333. The minimum Gasteiger partial charge on any atom is -0.342 e. The minimum atomic E-state index is 0.778. The molecule has 0 bridgehead atoms. The lowest BCUT2D eigenvalue weighted by Crippen LogP contribution is -1.74. The van der Waals surface area contributed by atoms with E-state index in [1.54, 1.807) is 0 Å². The summed E-state index contributed by atoms with van der Waals surface area (Å²) in [5.41, 5.74) is 1.05. The van der Waals surface area contributed by atoms with Crippen LogP contribution in [0.4, 0.5) is 5.00 Å². The molecule has 0 amide bonds. The Labute approximate surface area is 68.6 Å². The van der Waals surface area contributed by atoms with Crippen molar-refractivity contribution >= 4 is 34.3 Å². The molecule has 1 aromatic rings. The van der Waals surface area contributed by atoms with Crippen molar-refractivity contribution in [2.45, 2.75) is 13.8 Å². The van der Waals surface area contributed by atoms with E-state index in [0.29, 0.717) is 0 Å². The summed E-state index contributed by atoms with van der Waals surface area (Å²) >= 11 is 6.37. The van der Waals surface area contributed by atoms with Crippen LogP contribution in [0.3, 0.4) is 0 Å². The molecular weight excluding hydrogens is 164 g/mol. The van der Waals surface area contributed by atoms with Crippen molar-refractivity contribution in [3.05, 3.63) is 10.2 Å². The lowest BCUT2D eigenvalue weighted by Gasteiger charge is -1.83. The highest BCUT2D eigenvalue weighted by atomic mass is 32.1. The smallest absolute Gasteiger partial charge is 0.160 e. The van der Waals surface area contributed by atoms with Crippen LogP contribution in [-0.4, -0.2) is 10.7 Å². The van der Waals surface area contributed by atoms with Gasteiger partial charge in [-0.15, -0.1) is 0 Å². The number of aromatic amines is 1. The molecule has 0 aromatic carbocycles. The molecule has 0 saturated heterocycles. The summed E-state index contributed by atoms with van der Waals surface area (Å²) in [6.07, 6.45) is 1.82. The van der Waals surface area contributed by atoms with Crippen LogP contribution >= 0.6 is 23.6 Å². The molecule has 1 aromatic heterocycles. The third kappa shape index (κ3) is 2.04. The first-order valence-electron chi connectivity index (χ1n) is 2.89. The van der Waals surface area contributed by atoms with Crippen molar-refractivity contribution in [1.29, 1.82) is 0 Å². The lowest BCUT2D eigenvalue weighted by atomic mass is 10.5. The average Bonchev–Trinajstić information content (AvgIpc) is 2.13. The van der Waals surface area contributed by atoms with E-state index in [4.69, 9.17) is 12.2 Å². The number of aliphatic imine (C=N–C) groups is 1. The standard InChI is InChI=1S/C6H8N2S2/c1-4(2)8-5-3-7-6(9)10-5/h3H,1-2H3,(H,7,9). The summed E-state index contributed by atoms with van der Waals surface area (Å²) in [4.78, 5) is 7.12. The Bertz CT molecular complexity index is 291. The maximum absolute atomic E-state index is 4.88. The van der Waals surface area contributed by atoms with E-state index in [9.17, 15) is 0 Å². The van der Waals surface area contributed by atoms with E-state index in [1.807, 2.05) is 20.0 Å². The summed E-state index contributed by atoms with van der Waals surface area (Å²) in [7, 11) is 0. The number of nitrogens with one attached hydrogen (secondary N) is 1. The molecule has 0 aliphatic rings. The van der Waals surface area contributed by atoms with Crippen molar-refractivity contribution < 1.29 is 0 Å². The Hall–Kier alpha value is -0.480. The van der Waals surface area contributed by atoms with Gasteiger partial charge in [-0.25, -0.2) is 4.99 Å². The first-order valence-corrected chi connectivity index (χ1v) is 4.11. The molecule has 0 unspecified atom stereocenters. The number of H-pyrrole nitrogens is 1. The van der Waals surface area contributed by atoms with Gasteiger partial charge in [0.2, 0.25) is 0 Å². The first-order chi connectivity index (χ1) is 4.68. The van der Waals surface area contributed by atoms with Gasteiger partial charge < -0.3 is 4.98 Å². The van der Waals surface area contributed by atoms with Crippen LogP contribution in [0.5, 0.6) is 0 Å². The molecular formula is C6H8N2S2. The number of hydrogen-bond donors (Lipinski definition) is 1. The summed E-state index contributed by atoms with van der Waals surface area (Å²) in [6, 6.07) is 0. The van der Waals surface area contributed by atoms with Gasteiger partial charge in [0.25, 0.3) is 0 Å². The second-order valence-corrected chi connectivity index (χ2v) is 3.77. The van der Waals surface area contributed by atoms with Crippen LogP contribution in [0.1, 0.15) is 13.8 Å². The number of nitrogens with zero attached hydrogens (tertiary/aromatic N) is 1. The van der Waals surface area contributed by atoms with Gasteiger partial charge in [0.05, 0.1) is 0 Å². The SMILES string of the molecule is CC(C)=Nc1c[nH]c(=S)s1. The van der Waals surface area contributed by atoms with Crippen LogP contribution in [0.15, 0.2) is 11.2 Å². The predicted octanol–water partition coefficient (Wildman–Crippen LogP) is 2.92. The van der Waals surface area contributed by atoms with Gasteiger partial charge in [0.15, 0.2) is 3.95 Å². The van der Waals surface area contributed by atoms with E-state index >= 15 is 0 Å². The third-order valence-electron chi connectivity index (χ3n) is 0.845. The summed E-state index contributed by atoms with van der Waals surface area (Å²) in [6.45, 7) is 3.92. The highest BCUT2D eigenvalue weighted by Crippen LogP contribution is 2.18. The van der Waals surface area contributed by atoms with Crippen LogP contribution in [0.2, 0.25) is 0 Å². The van der Waals surface area contributed by atoms with Crippen molar-refractivity contribution in [2.24, 2.45) is 4.99 Å². The van der Waals surface area contributed by atoms with Crippen LogP contribution in [0.25, 0.3) is 0 Å². The zero-order valence-electron chi connectivity index (χ0n) is 5.84. The maximum atomic E-state index is 4.88. The van der Waals surface area contributed by atoms with E-state index in [-0.39, 0.29) is 0 Å². The average molecular weight is 172 g/mol. The zero-order valence-corrected chi connectivity index (χ0v) is 7.47. The zero-order chi connectivity index (χ0) is 7.56. The minimum absolute atomic E-state index is 0.778. The van der Waals surface area contributed by atoms with E-state index in [1.165, 1.54) is 11.3 Å². The normalized spacial score (nSPS) is 9.40. The van der Waals surface area contributed by atoms with E-state index in [0.717, 1.165) is 14.7 Å². The fourth-order valence-electron chi connectivity index (χ4n) is 0.550. The van der Waals surface area contributed by atoms with Crippen molar-refractivity contribution in [3.8, 4) is 0 Å². The number of hydrogen-bond acceptors (Lipinski definition) is 3. The molecule has 0 radical (unpaired) electrons. The second kappa shape index (κ2) is 3.07. The molecule has 2 nitrogen and oxygen atoms in total. The van der Waals surface area contributed by atoms with Crippen LogP contribution < -0.4 is 0 Å². The molecule has 1 N–H and O–H groups in total. The monoisotopic (exact) mass is 172 g/mol. The molecule has 10 heavy (non-hydrogen) atoms. The van der Waals surface area contributed by atoms with Gasteiger partial charge in [0.1, 0.15) is 5.00 Å². The Morgan fingerprint density at radius 1 is 1.70 bits per heavy atom. The molecule has 0 saturated carbocycles. The predicted molar refractivity (Wildman–Crippen MR) is 47.9 cm³/mol. The van der Waals surface area contributed by atoms with Gasteiger partial charge in [0, 0.05) is 11.9 Å². The number of rotatable bonds is 1. The molecule has 4 heteroatoms. The molecule has 0 aliphatic heterocycles. The highest BCUT2D eigenvalue weighted by Gasteiger charge is 1.89. The third-order valence-corrected chi connectivity index (χ3v) is 1.93. The molecule has 0 fully saturated rings. The van der Waals surface area contributed by atoms with Gasteiger partial charge >= 0.3 is 0 Å². The quantitative estimate of drug-likeness (QED) is 0.512. The lowest BCUT2D eigenvalue weighted by molar-refractivity contribution is 1.38. The molecule has 54 valence electrons. The summed E-state index contributed by atoms with van der Waals surface area (Å²) < 4.78 is 0.778. The molecule has 1 rings (SSSR count). The van der Waals surface area contributed by atoms with Gasteiger partial charge in [-0.3, -0.25) is 0 Å².